The molecule has 0 spiro atoms. The predicted octanol–water partition coefficient (Wildman–Crippen LogP) is 3.67. The van der Waals surface area contributed by atoms with Crippen molar-refractivity contribution in [3.63, 3.8) is 0 Å². The first-order valence-corrected chi connectivity index (χ1v) is 10.4. The predicted molar refractivity (Wildman–Crippen MR) is 123 cm³/mol. The first kappa shape index (κ1) is 20.0. The van der Waals surface area contributed by atoms with E-state index in [0.717, 1.165) is 45.3 Å². The zero-order chi connectivity index (χ0) is 22.4. The van der Waals surface area contributed by atoms with E-state index in [2.05, 4.69) is 20.4 Å². The van der Waals surface area contributed by atoms with Gasteiger partial charge in [-0.25, -0.2) is 9.97 Å². The summed E-state index contributed by atoms with van der Waals surface area (Å²) in [5, 5.41) is 8.75. The minimum atomic E-state index is -0.0609. The Labute approximate surface area is 185 Å². The molecule has 5 rings (SSSR count). The van der Waals surface area contributed by atoms with Gasteiger partial charge in [-0.2, -0.15) is 5.10 Å². The molecule has 0 bridgehead atoms. The molecule has 1 aromatic carbocycles. The van der Waals surface area contributed by atoms with Gasteiger partial charge in [-0.1, -0.05) is 6.07 Å². The number of methoxy groups -OCH3 is 1. The van der Waals surface area contributed by atoms with Crippen LogP contribution in [0.5, 0.6) is 5.75 Å². The smallest absolute Gasteiger partial charge is 0.229 e. The molecule has 32 heavy (non-hydrogen) atoms. The van der Waals surface area contributed by atoms with Crippen LogP contribution in [0.25, 0.3) is 22.0 Å². The highest BCUT2D eigenvalue weighted by Gasteiger charge is 2.44. The minimum Gasteiger partial charge on any atom is -0.497 e. The number of rotatable bonds is 5. The Morgan fingerprint density at radius 1 is 1.25 bits per heavy atom. The number of nitrogen functional groups attached to an aromatic ring is 1. The van der Waals surface area contributed by atoms with E-state index in [-0.39, 0.29) is 17.7 Å². The molecule has 1 fully saturated rings. The number of nitrogens with zero attached hydrogens (tertiary/aromatic N) is 4. The number of aryl methyl sites for hydroxylation is 2. The maximum absolute atomic E-state index is 12.7. The van der Waals surface area contributed by atoms with Gasteiger partial charge < -0.3 is 15.8 Å². The molecule has 1 saturated carbocycles. The summed E-state index contributed by atoms with van der Waals surface area (Å²) in [6.07, 6.45) is 6.26. The average molecular weight is 428 g/mol. The van der Waals surface area contributed by atoms with Crippen molar-refractivity contribution in [1.29, 1.82) is 0 Å². The van der Waals surface area contributed by atoms with Crippen molar-refractivity contribution >= 4 is 28.3 Å². The lowest BCUT2D eigenvalue weighted by Gasteiger charge is -2.11. The van der Waals surface area contributed by atoms with Crippen molar-refractivity contribution < 1.29 is 9.53 Å². The zero-order valence-electron chi connectivity index (χ0n) is 18.2. The number of hydrogen-bond donors (Lipinski definition) is 2. The molecule has 162 valence electrons. The number of nitrogens with two attached hydrogens (primary N) is 1. The van der Waals surface area contributed by atoms with Crippen molar-refractivity contribution in [2.24, 2.45) is 13.0 Å². The van der Waals surface area contributed by atoms with Crippen molar-refractivity contribution in [1.82, 2.24) is 19.7 Å². The third-order valence-electron chi connectivity index (χ3n) is 6.00. The van der Waals surface area contributed by atoms with E-state index in [1.165, 1.54) is 0 Å². The van der Waals surface area contributed by atoms with Crippen LogP contribution in [0.4, 0.5) is 11.6 Å². The van der Waals surface area contributed by atoms with E-state index in [4.69, 9.17) is 10.5 Å². The number of aromatic nitrogens is 4. The van der Waals surface area contributed by atoms with Gasteiger partial charge in [-0.3, -0.25) is 9.48 Å². The molecule has 0 saturated heterocycles. The van der Waals surface area contributed by atoms with Crippen LogP contribution in [0.15, 0.2) is 48.9 Å². The van der Waals surface area contributed by atoms with Gasteiger partial charge in [0.1, 0.15) is 17.4 Å². The summed E-state index contributed by atoms with van der Waals surface area (Å²) in [6, 6.07) is 9.64. The fourth-order valence-corrected chi connectivity index (χ4v) is 4.09. The molecule has 2 atom stereocenters. The second-order valence-electron chi connectivity index (χ2n) is 8.25. The number of carbonyl (C=O) groups excluding carboxylic acids is 1. The lowest BCUT2D eigenvalue weighted by molar-refractivity contribution is -0.117. The fourth-order valence-electron chi connectivity index (χ4n) is 4.09. The molecule has 8 nitrogen and oxygen atoms in total. The Hall–Kier alpha value is -3.94. The summed E-state index contributed by atoms with van der Waals surface area (Å²) in [5.41, 5.74) is 10.1. The first-order chi connectivity index (χ1) is 15.4. The van der Waals surface area contributed by atoms with E-state index in [1.807, 2.05) is 56.7 Å². The molecule has 1 aliphatic carbocycles. The van der Waals surface area contributed by atoms with Crippen molar-refractivity contribution in [2.45, 2.75) is 19.3 Å². The third kappa shape index (κ3) is 3.64. The molecule has 0 aliphatic heterocycles. The van der Waals surface area contributed by atoms with E-state index < -0.39 is 0 Å². The van der Waals surface area contributed by atoms with Gasteiger partial charge in [-0.05, 0) is 60.0 Å². The van der Waals surface area contributed by atoms with Crippen LogP contribution < -0.4 is 15.8 Å². The summed E-state index contributed by atoms with van der Waals surface area (Å²) in [4.78, 5) is 21.7. The molecule has 0 radical (unpaired) electrons. The maximum Gasteiger partial charge on any atom is 0.229 e. The molecular formula is C24H24N6O2. The second-order valence-corrected chi connectivity index (χ2v) is 8.25. The summed E-state index contributed by atoms with van der Waals surface area (Å²) < 4.78 is 7.12. The standard InChI is InChI=1S/C24H24N6O2/c1-13-4-5-16(32-3)8-17(13)21-6-14-7-22(26-11-20(14)23(25)28-21)29-24(31)19-9-18(19)15-10-27-30(2)12-15/h4-8,10-12,18-19H,9H2,1-3H3,(H2,25,28)(H,26,29,31)/t18-,19?/m0/s1. The lowest BCUT2D eigenvalue weighted by Crippen LogP contribution is -2.15. The molecule has 3 aromatic heterocycles. The number of carbonyl (C=O) groups is 1. The number of hydrogen-bond acceptors (Lipinski definition) is 6. The van der Waals surface area contributed by atoms with E-state index >= 15 is 0 Å². The number of fused-ring (bicyclic) bond motifs is 1. The minimum absolute atomic E-state index is 0.0309. The number of ether oxygens (including phenoxy) is 1. The Bertz CT molecular complexity index is 1350. The summed E-state index contributed by atoms with van der Waals surface area (Å²) >= 11 is 0. The van der Waals surface area contributed by atoms with Crippen molar-refractivity contribution in [2.75, 3.05) is 18.2 Å². The van der Waals surface area contributed by atoms with Crippen LogP contribution in [0.2, 0.25) is 0 Å². The van der Waals surface area contributed by atoms with Gasteiger partial charge in [0.2, 0.25) is 5.91 Å². The van der Waals surface area contributed by atoms with E-state index in [9.17, 15) is 4.79 Å². The van der Waals surface area contributed by atoms with E-state index in [1.54, 1.807) is 18.0 Å². The number of nitrogens with one attached hydrogen (secondary N) is 1. The SMILES string of the molecule is COc1ccc(C)c(-c2cc3cc(NC(=O)C4C[C@H]4c4cnn(C)c4)ncc3c(N)n2)c1. The molecule has 4 aromatic rings. The monoisotopic (exact) mass is 428 g/mol. The Balaban J connectivity index is 1.42. The third-order valence-corrected chi connectivity index (χ3v) is 6.00. The topological polar surface area (TPSA) is 108 Å². The quantitative estimate of drug-likeness (QED) is 0.502. The average Bonchev–Trinajstić information content (AvgIpc) is 3.47. The lowest BCUT2D eigenvalue weighted by atomic mass is 10.0. The fraction of sp³-hybridized carbons (Fsp3) is 0.250. The highest BCUT2D eigenvalue weighted by atomic mass is 16.5. The Morgan fingerprint density at radius 3 is 2.84 bits per heavy atom. The molecule has 1 aliphatic rings. The summed E-state index contributed by atoms with van der Waals surface area (Å²) in [5.74, 6) is 1.76. The van der Waals surface area contributed by atoms with Crippen LogP contribution in [-0.2, 0) is 11.8 Å². The van der Waals surface area contributed by atoms with Crippen LogP contribution in [0, 0.1) is 12.8 Å². The van der Waals surface area contributed by atoms with Gasteiger partial charge >= 0.3 is 0 Å². The van der Waals surface area contributed by atoms with Crippen LogP contribution in [0.3, 0.4) is 0 Å². The number of benzene rings is 1. The highest BCUT2D eigenvalue weighted by molar-refractivity contribution is 5.99. The maximum atomic E-state index is 12.7. The van der Waals surface area contributed by atoms with Crippen molar-refractivity contribution in [3.05, 3.63) is 60.0 Å². The summed E-state index contributed by atoms with van der Waals surface area (Å²) in [6.45, 7) is 2.02. The van der Waals surface area contributed by atoms with Gasteiger partial charge in [0.25, 0.3) is 0 Å². The number of anilines is 2. The van der Waals surface area contributed by atoms with Gasteiger partial charge in [0, 0.05) is 36.3 Å². The van der Waals surface area contributed by atoms with E-state index in [0.29, 0.717) is 11.6 Å². The number of pyridine rings is 2. The zero-order valence-corrected chi connectivity index (χ0v) is 18.2. The molecule has 8 heteroatoms. The van der Waals surface area contributed by atoms with Gasteiger partial charge in [-0.15, -0.1) is 0 Å². The normalized spacial score (nSPS) is 17.3. The van der Waals surface area contributed by atoms with Gasteiger partial charge in [0.05, 0.1) is 19.0 Å². The van der Waals surface area contributed by atoms with Crippen LogP contribution >= 0.6 is 0 Å². The van der Waals surface area contributed by atoms with Crippen LogP contribution in [-0.4, -0.2) is 32.8 Å². The summed E-state index contributed by atoms with van der Waals surface area (Å²) in [7, 11) is 3.51. The first-order valence-electron chi connectivity index (χ1n) is 10.4. The Morgan fingerprint density at radius 2 is 2.09 bits per heavy atom. The largest absolute Gasteiger partial charge is 0.497 e. The van der Waals surface area contributed by atoms with Crippen LogP contribution in [0.1, 0.15) is 23.5 Å². The molecule has 3 N–H and O–H groups in total. The highest BCUT2D eigenvalue weighted by Crippen LogP contribution is 2.47. The second kappa shape index (κ2) is 7.64. The molecule has 1 unspecified atom stereocenters. The van der Waals surface area contributed by atoms with Gasteiger partial charge in [0.15, 0.2) is 0 Å². The molecule has 1 amide bonds. The molecule has 3 heterocycles. The Kier molecular flexibility index (Phi) is 4.77. The number of amides is 1. The molecular weight excluding hydrogens is 404 g/mol. The van der Waals surface area contributed by atoms with Crippen molar-refractivity contribution in [3.8, 4) is 17.0 Å².